The number of nitrogens with one attached hydrogen (secondary N) is 1. The Hall–Kier alpha value is -2.82. The van der Waals surface area contributed by atoms with E-state index >= 15 is 0 Å². The van der Waals surface area contributed by atoms with Gasteiger partial charge in [-0.05, 0) is 55.0 Å². The topological polar surface area (TPSA) is 58.6 Å². The van der Waals surface area contributed by atoms with E-state index < -0.39 is 6.10 Å². The van der Waals surface area contributed by atoms with Gasteiger partial charge in [-0.3, -0.25) is 9.59 Å². The summed E-state index contributed by atoms with van der Waals surface area (Å²) in [6.45, 7) is 9.72. The molecule has 0 unspecified atom stereocenters. The molecule has 3 rings (SSSR count). The second-order valence-electron chi connectivity index (χ2n) is 9.28. The molecule has 0 aromatic heterocycles. The predicted molar refractivity (Wildman–Crippen MR) is 125 cm³/mol. The third-order valence-corrected chi connectivity index (χ3v) is 5.71. The molecule has 1 aliphatic rings. The van der Waals surface area contributed by atoms with Crippen molar-refractivity contribution >= 4 is 17.5 Å². The maximum atomic E-state index is 13.1. The molecule has 2 amide bonds. The Bertz CT molecular complexity index is 892. The average Bonchev–Trinajstić information content (AvgIpc) is 3.03. The van der Waals surface area contributed by atoms with Crippen molar-refractivity contribution in [3.8, 4) is 5.75 Å². The first-order valence-electron chi connectivity index (χ1n) is 11.2. The van der Waals surface area contributed by atoms with Gasteiger partial charge < -0.3 is 15.0 Å². The minimum Gasteiger partial charge on any atom is -0.481 e. The SMILES string of the molecule is C[C@H](Oc1ccc(C(C)(C)C)cc1)C(=O)Nc1ccccc1C(=O)N1CCCCCC1. The van der Waals surface area contributed by atoms with Crippen LogP contribution in [-0.2, 0) is 10.2 Å². The second kappa shape index (κ2) is 9.99. The number of carbonyl (C=O) groups is 2. The van der Waals surface area contributed by atoms with E-state index in [9.17, 15) is 9.59 Å². The average molecular weight is 423 g/mol. The van der Waals surface area contributed by atoms with Crippen LogP contribution in [-0.4, -0.2) is 35.9 Å². The fourth-order valence-corrected chi connectivity index (χ4v) is 3.75. The lowest BCUT2D eigenvalue weighted by molar-refractivity contribution is -0.122. The molecule has 1 N–H and O–H groups in total. The van der Waals surface area contributed by atoms with Crippen molar-refractivity contribution in [2.24, 2.45) is 0 Å². The van der Waals surface area contributed by atoms with Crippen LogP contribution in [0.2, 0.25) is 0 Å². The molecule has 166 valence electrons. The fourth-order valence-electron chi connectivity index (χ4n) is 3.75. The molecule has 0 saturated carbocycles. The number of hydrogen-bond acceptors (Lipinski definition) is 3. The first-order valence-corrected chi connectivity index (χ1v) is 11.2. The maximum absolute atomic E-state index is 13.1. The molecule has 1 aliphatic heterocycles. The number of anilines is 1. The van der Waals surface area contributed by atoms with E-state index in [2.05, 4.69) is 26.1 Å². The van der Waals surface area contributed by atoms with Gasteiger partial charge in [0.2, 0.25) is 0 Å². The van der Waals surface area contributed by atoms with Gasteiger partial charge in [0.15, 0.2) is 6.10 Å². The van der Waals surface area contributed by atoms with Crippen molar-refractivity contribution in [1.82, 2.24) is 4.90 Å². The highest BCUT2D eigenvalue weighted by Gasteiger charge is 2.22. The Morgan fingerprint density at radius 3 is 2.16 bits per heavy atom. The summed E-state index contributed by atoms with van der Waals surface area (Å²) in [6, 6.07) is 15.0. The summed E-state index contributed by atoms with van der Waals surface area (Å²) >= 11 is 0. The number of para-hydroxylation sites is 1. The molecule has 1 heterocycles. The lowest BCUT2D eigenvalue weighted by atomic mass is 9.87. The Balaban J connectivity index is 1.66. The standard InChI is InChI=1S/C26H34N2O3/c1-19(31-21-15-13-20(14-16-21)26(2,3)4)24(29)27-23-12-8-7-11-22(23)25(30)28-17-9-5-6-10-18-28/h7-8,11-16,19H,5-6,9-10,17-18H2,1-4H3,(H,27,29)/t19-/m0/s1. The number of hydrogen-bond donors (Lipinski definition) is 1. The lowest BCUT2D eigenvalue weighted by Crippen LogP contribution is -2.34. The van der Waals surface area contributed by atoms with Gasteiger partial charge in [0, 0.05) is 13.1 Å². The number of likely N-dealkylation sites (tertiary alicyclic amines) is 1. The molecule has 2 aromatic carbocycles. The third kappa shape index (κ3) is 6.09. The molecule has 5 heteroatoms. The summed E-state index contributed by atoms with van der Waals surface area (Å²) in [4.78, 5) is 27.8. The highest BCUT2D eigenvalue weighted by atomic mass is 16.5. The van der Waals surface area contributed by atoms with Crippen molar-refractivity contribution < 1.29 is 14.3 Å². The molecule has 2 aromatic rings. The van der Waals surface area contributed by atoms with E-state index in [4.69, 9.17) is 4.74 Å². The summed E-state index contributed by atoms with van der Waals surface area (Å²) < 4.78 is 5.84. The van der Waals surface area contributed by atoms with Crippen LogP contribution >= 0.6 is 0 Å². The normalized spacial score (nSPS) is 15.7. The molecule has 31 heavy (non-hydrogen) atoms. The van der Waals surface area contributed by atoms with Crippen LogP contribution in [0.5, 0.6) is 5.75 Å². The van der Waals surface area contributed by atoms with Gasteiger partial charge in [0.1, 0.15) is 5.75 Å². The van der Waals surface area contributed by atoms with Gasteiger partial charge in [-0.2, -0.15) is 0 Å². The van der Waals surface area contributed by atoms with Crippen LogP contribution in [0.1, 0.15) is 69.3 Å². The summed E-state index contributed by atoms with van der Waals surface area (Å²) in [6.07, 6.45) is 3.68. The molecular weight excluding hydrogens is 388 g/mol. The number of carbonyl (C=O) groups excluding carboxylic acids is 2. The van der Waals surface area contributed by atoms with E-state index in [0.29, 0.717) is 17.0 Å². The van der Waals surface area contributed by atoms with Crippen molar-refractivity contribution in [2.75, 3.05) is 18.4 Å². The molecule has 0 spiro atoms. The summed E-state index contributed by atoms with van der Waals surface area (Å²) in [5.74, 6) is 0.338. The van der Waals surface area contributed by atoms with Gasteiger partial charge in [-0.15, -0.1) is 0 Å². The number of nitrogens with zero attached hydrogens (tertiary/aromatic N) is 1. The van der Waals surface area contributed by atoms with Crippen LogP contribution < -0.4 is 10.1 Å². The van der Waals surface area contributed by atoms with Gasteiger partial charge in [-0.1, -0.05) is 57.9 Å². The smallest absolute Gasteiger partial charge is 0.265 e. The molecule has 0 aliphatic carbocycles. The van der Waals surface area contributed by atoms with Gasteiger partial charge in [0.25, 0.3) is 11.8 Å². The van der Waals surface area contributed by atoms with Crippen LogP contribution in [0.3, 0.4) is 0 Å². The Kier molecular flexibility index (Phi) is 7.37. The summed E-state index contributed by atoms with van der Waals surface area (Å²) in [5, 5.41) is 2.89. The second-order valence-corrected chi connectivity index (χ2v) is 9.28. The third-order valence-electron chi connectivity index (χ3n) is 5.71. The Morgan fingerprint density at radius 2 is 1.55 bits per heavy atom. The maximum Gasteiger partial charge on any atom is 0.265 e. The van der Waals surface area contributed by atoms with Crippen molar-refractivity contribution in [3.63, 3.8) is 0 Å². The monoisotopic (exact) mass is 422 g/mol. The van der Waals surface area contributed by atoms with Gasteiger partial charge in [0.05, 0.1) is 11.3 Å². The van der Waals surface area contributed by atoms with Crippen LogP contribution in [0, 0.1) is 0 Å². The molecule has 1 fully saturated rings. The Morgan fingerprint density at radius 1 is 0.935 bits per heavy atom. The number of benzene rings is 2. The quantitative estimate of drug-likeness (QED) is 0.701. The van der Waals surface area contributed by atoms with Crippen LogP contribution in [0.15, 0.2) is 48.5 Å². The van der Waals surface area contributed by atoms with E-state index in [1.165, 1.54) is 5.56 Å². The van der Waals surface area contributed by atoms with E-state index in [1.54, 1.807) is 19.1 Å². The molecule has 0 bridgehead atoms. The van der Waals surface area contributed by atoms with E-state index in [-0.39, 0.29) is 17.2 Å². The highest BCUT2D eigenvalue weighted by Crippen LogP contribution is 2.25. The fraction of sp³-hybridized carbons (Fsp3) is 0.462. The van der Waals surface area contributed by atoms with E-state index in [0.717, 1.165) is 38.8 Å². The minimum atomic E-state index is -0.693. The summed E-state index contributed by atoms with van der Waals surface area (Å²) in [5.41, 5.74) is 2.32. The van der Waals surface area contributed by atoms with Crippen molar-refractivity contribution in [2.45, 2.75) is 64.9 Å². The zero-order chi connectivity index (χ0) is 22.4. The molecular formula is C26H34N2O3. The van der Waals surface area contributed by atoms with Gasteiger partial charge >= 0.3 is 0 Å². The highest BCUT2D eigenvalue weighted by molar-refractivity contribution is 6.04. The first-order chi connectivity index (χ1) is 14.8. The lowest BCUT2D eigenvalue weighted by Gasteiger charge is -2.22. The predicted octanol–water partition coefficient (Wildman–Crippen LogP) is 5.41. The van der Waals surface area contributed by atoms with Crippen molar-refractivity contribution in [1.29, 1.82) is 0 Å². The molecule has 1 atom stereocenters. The zero-order valence-electron chi connectivity index (χ0n) is 19.1. The largest absolute Gasteiger partial charge is 0.481 e. The molecule has 5 nitrogen and oxygen atoms in total. The van der Waals surface area contributed by atoms with Crippen LogP contribution in [0.4, 0.5) is 5.69 Å². The number of rotatable bonds is 5. The van der Waals surface area contributed by atoms with E-state index in [1.807, 2.05) is 41.3 Å². The Labute approximate surface area is 185 Å². The zero-order valence-corrected chi connectivity index (χ0v) is 19.1. The summed E-state index contributed by atoms with van der Waals surface area (Å²) in [7, 11) is 0. The molecule has 0 radical (unpaired) electrons. The van der Waals surface area contributed by atoms with Crippen molar-refractivity contribution in [3.05, 3.63) is 59.7 Å². The number of amides is 2. The van der Waals surface area contributed by atoms with Gasteiger partial charge in [-0.25, -0.2) is 0 Å². The minimum absolute atomic E-state index is 0.0239. The van der Waals surface area contributed by atoms with Crippen LogP contribution in [0.25, 0.3) is 0 Å². The first kappa shape index (κ1) is 22.9. The number of ether oxygens (including phenoxy) is 1. The molecule has 1 saturated heterocycles.